The number of carbonyl (C=O) groups is 4. The zero-order valence-electron chi connectivity index (χ0n) is 21.2. The average molecular weight is 510 g/mol. The average Bonchev–Trinajstić information content (AvgIpc) is 3.68. The molecule has 3 amide bonds. The van der Waals surface area contributed by atoms with Crippen molar-refractivity contribution in [1.82, 2.24) is 9.96 Å². The van der Waals surface area contributed by atoms with Crippen LogP contribution in [-0.4, -0.2) is 54.4 Å². The molecule has 0 bridgehead atoms. The van der Waals surface area contributed by atoms with Crippen molar-refractivity contribution in [2.24, 2.45) is 5.92 Å². The fraction of sp³-hybridized carbons (Fsp3) is 0.407. The number of hydrogen-bond acceptors (Lipinski definition) is 7. The lowest BCUT2D eigenvalue weighted by Crippen LogP contribution is -2.34. The minimum atomic E-state index is -0.618. The summed E-state index contributed by atoms with van der Waals surface area (Å²) in [7, 11) is 1.55. The lowest BCUT2D eigenvalue weighted by atomic mass is 10.0. The fourth-order valence-electron chi connectivity index (χ4n) is 4.53. The van der Waals surface area contributed by atoms with Gasteiger partial charge in [0.15, 0.2) is 11.5 Å². The summed E-state index contributed by atoms with van der Waals surface area (Å²) < 4.78 is 11.2. The van der Waals surface area contributed by atoms with Crippen LogP contribution in [0.15, 0.2) is 36.4 Å². The predicted octanol–water partition coefficient (Wildman–Crippen LogP) is 3.47. The van der Waals surface area contributed by atoms with E-state index in [1.807, 2.05) is 31.2 Å². The number of hydroxylamine groups is 2. The van der Waals surface area contributed by atoms with Gasteiger partial charge in [-0.2, -0.15) is 5.06 Å². The molecule has 1 aliphatic heterocycles. The van der Waals surface area contributed by atoms with E-state index >= 15 is 0 Å². The van der Waals surface area contributed by atoms with E-state index in [9.17, 15) is 19.2 Å². The highest BCUT2D eigenvalue weighted by molar-refractivity contribution is 6.07. The highest BCUT2D eigenvalue weighted by Crippen LogP contribution is 2.40. The van der Waals surface area contributed by atoms with Crippen molar-refractivity contribution in [3.63, 3.8) is 0 Å². The molecule has 2 aromatic rings. The van der Waals surface area contributed by atoms with E-state index in [4.69, 9.17) is 14.3 Å². The fourth-order valence-corrected chi connectivity index (χ4v) is 4.53. The van der Waals surface area contributed by atoms with Gasteiger partial charge in [-0.15, -0.1) is 0 Å². The summed E-state index contributed by atoms with van der Waals surface area (Å²) in [5.41, 5.74) is 2.53. The molecule has 10 nitrogen and oxygen atoms in total. The molecule has 0 aromatic heterocycles. The Hall–Kier alpha value is -4.08. The van der Waals surface area contributed by atoms with Crippen LogP contribution >= 0.6 is 0 Å². The van der Waals surface area contributed by atoms with Crippen molar-refractivity contribution in [2.45, 2.75) is 45.7 Å². The summed E-state index contributed by atoms with van der Waals surface area (Å²) in [6.45, 7) is 3.88. The predicted molar refractivity (Wildman–Crippen MR) is 134 cm³/mol. The summed E-state index contributed by atoms with van der Waals surface area (Å²) >= 11 is 0. The first-order valence-electron chi connectivity index (χ1n) is 12.3. The first-order chi connectivity index (χ1) is 17.9. The molecule has 37 heavy (non-hydrogen) atoms. The molecule has 1 N–H and O–H groups in total. The third-order valence-electron chi connectivity index (χ3n) is 6.41. The third-order valence-corrected chi connectivity index (χ3v) is 6.41. The Morgan fingerprint density at radius 3 is 2.65 bits per heavy atom. The standard InChI is InChI=1S/C27H31N3O7/c1-4-36-24-14-19(10-11-23(24)35-3)22(12-13-29(16-31)37-17(2)32)30-15-20-6-5-7-21(25(20)27(30)34)28-26(33)18-8-9-18/h5-7,10-11,14,16,18,22H,4,8-9,12-13,15H2,1-3H3,(H,28,33). The summed E-state index contributed by atoms with van der Waals surface area (Å²) in [5.74, 6) is 0.165. The van der Waals surface area contributed by atoms with Crippen LogP contribution in [0.25, 0.3) is 0 Å². The van der Waals surface area contributed by atoms with Gasteiger partial charge in [-0.25, -0.2) is 0 Å². The minimum absolute atomic E-state index is 0.00287. The van der Waals surface area contributed by atoms with E-state index < -0.39 is 12.0 Å². The molecule has 2 aromatic carbocycles. The van der Waals surface area contributed by atoms with Crippen molar-refractivity contribution < 1.29 is 33.5 Å². The molecule has 1 unspecified atom stereocenters. The zero-order valence-corrected chi connectivity index (χ0v) is 21.2. The van der Waals surface area contributed by atoms with E-state index in [0.29, 0.717) is 42.3 Å². The van der Waals surface area contributed by atoms with Gasteiger partial charge >= 0.3 is 5.97 Å². The number of anilines is 1. The van der Waals surface area contributed by atoms with Gasteiger partial charge in [0.05, 0.1) is 37.6 Å². The van der Waals surface area contributed by atoms with Crippen molar-refractivity contribution in [2.75, 3.05) is 25.6 Å². The Morgan fingerprint density at radius 2 is 2.00 bits per heavy atom. The van der Waals surface area contributed by atoms with Gasteiger partial charge < -0.3 is 24.5 Å². The number of hydrogen-bond donors (Lipinski definition) is 1. The van der Waals surface area contributed by atoms with Crippen LogP contribution in [0.5, 0.6) is 11.5 Å². The monoisotopic (exact) mass is 509 g/mol. The summed E-state index contributed by atoms with van der Waals surface area (Å²) in [6, 6.07) is 10.4. The van der Waals surface area contributed by atoms with E-state index in [2.05, 4.69) is 5.32 Å². The summed E-state index contributed by atoms with van der Waals surface area (Å²) in [5, 5.41) is 3.83. The van der Waals surface area contributed by atoms with E-state index in [1.165, 1.54) is 6.92 Å². The van der Waals surface area contributed by atoms with Crippen molar-refractivity contribution in [3.8, 4) is 11.5 Å². The molecule has 10 heteroatoms. The van der Waals surface area contributed by atoms with Crippen molar-refractivity contribution in [1.29, 1.82) is 0 Å². The Bertz CT molecular complexity index is 1190. The number of benzene rings is 2. The Kier molecular flexibility index (Phi) is 7.95. The van der Waals surface area contributed by atoms with Crippen LogP contribution in [0, 0.1) is 5.92 Å². The number of nitrogens with one attached hydrogen (secondary N) is 1. The first-order valence-corrected chi connectivity index (χ1v) is 12.3. The topological polar surface area (TPSA) is 114 Å². The molecule has 2 aliphatic rings. The molecule has 0 saturated heterocycles. The van der Waals surface area contributed by atoms with Gasteiger partial charge in [-0.1, -0.05) is 18.2 Å². The quantitative estimate of drug-likeness (QED) is 0.344. The molecule has 196 valence electrons. The first kappa shape index (κ1) is 26.0. The summed E-state index contributed by atoms with van der Waals surface area (Å²) in [6.07, 6.45) is 2.44. The maximum Gasteiger partial charge on any atom is 0.329 e. The van der Waals surface area contributed by atoms with Gasteiger partial charge in [0.1, 0.15) is 0 Å². The van der Waals surface area contributed by atoms with Crippen LogP contribution in [0.2, 0.25) is 0 Å². The Labute approximate surface area is 215 Å². The number of ether oxygens (including phenoxy) is 2. The smallest absolute Gasteiger partial charge is 0.329 e. The largest absolute Gasteiger partial charge is 0.493 e. The van der Waals surface area contributed by atoms with Gasteiger partial charge in [0, 0.05) is 19.4 Å². The van der Waals surface area contributed by atoms with Crippen LogP contribution in [0.4, 0.5) is 5.69 Å². The molecule has 1 fully saturated rings. The molecule has 1 saturated carbocycles. The van der Waals surface area contributed by atoms with Crippen molar-refractivity contribution >= 4 is 29.9 Å². The minimum Gasteiger partial charge on any atom is -0.493 e. The van der Waals surface area contributed by atoms with E-state index in [0.717, 1.165) is 29.0 Å². The van der Waals surface area contributed by atoms with Gasteiger partial charge in [-0.05, 0) is 55.5 Å². The van der Waals surface area contributed by atoms with Crippen LogP contribution in [0.1, 0.15) is 60.6 Å². The number of rotatable bonds is 12. The Morgan fingerprint density at radius 1 is 1.22 bits per heavy atom. The number of carbonyl (C=O) groups excluding carboxylic acids is 4. The molecule has 1 heterocycles. The zero-order chi connectivity index (χ0) is 26.5. The molecule has 0 radical (unpaired) electrons. The molecule has 0 spiro atoms. The second-order valence-electron chi connectivity index (χ2n) is 9.01. The molecular formula is C27H31N3O7. The number of amides is 3. The maximum atomic E-state index is 13.8. The third kappa shape index (κ3) is 5.84. The van der Waals surface area contributed by atoms with Crippen molar-refractivity contribution in [3.05, 3.63) is 53.1 Å². The molecular weight excluding hydrogens is 478 g/mol. The SMILES string of the molecule is CCOc1cc(C(CCN(C=O)OC(C)=O)N2Cc3cccc(NC(=O)C4CC4)c3C2=O)ccc1OC. The van der Waals surface area contributed by atoms with Gasteiger partial charge in [-0.3, -0.25) is 19.2 Å². The van der Waals surface area contributed by atoms with Crippen LogP contribution in [-0.2, 0) is 25.8 Å². The maximum absolute atomic E-state index is 13.8. The molecule has 1 atom stereocenters. The summed E-state index contributed by atoms with van der Waals surface area (Å²) in [4.78, 5) is 55.7. The van der Waals surface area contributed by atoms with Gasteiger partial charge in [0.25, 0.3) is 5.91 Å². The lowest BCUT2D eigenvalue weighted by molar-refractivity contribution is -0.189. The number of fused-ring (bicyclic) bond motifs is 1. The normalized spacial score (nSPS) is 15.0. The lowest BCUT2D eigenvalue weighted by Gasteiger charge is -2.30. The Balaban J connectivity index is 1.66. The van der Waals surface area contributed by atoms with Crippen LogP contribution in [0.3, 0.4) is 0 Å². The van der Waals surface area contributed by atoms with Gasteiger partial charge in [0.2, 0.25) is 12.3 Å². The second-order valence-corrected chi connectivity index (χ2v) is 9.01. The molecule has 1 aliphatic carbocycles. The molecule has 4 rings (SSSR count). The van der Waals surface area contributed by atoms with E-state index in [1.54, 1.807) is 24.1 Å². The number of methoxy groups -OCH3 is 1. The number of nitrogens with zero attached hydrogens (tertiary/aromatic N) is 2. The van der Waals surface area contributed by atoms with E-state index in [-0.39, 0.29) is 30.7 Å². The highest BCUT2D eigenvalue weighted by atomic mass is 16.7. The second kappa shape index (κ2) is 11.3. The van der Waals surface area contributed by atoms with Crippen LogP contribution < -0.4 is 14.8 Å². The highest BCUT2D eigenvalue weighted by Gasteiger charge is 2.37.